The van der Waals surface area contributed by atoms with Crippen molar-refractivity contribution < 1.29 is 4.79 Å². The smallest absolute Gasteiger partial charge is 0.323 e. The van der Waals surface area contributed by atoms with Gasteiger partial charge in [0.25, 0.3) is 0 Å². The van der Waals surface area contributed by atoms with Gasteiger partial charge in [-0.2, -0.15) is 0 Å². The van der Waals surface area contributed by atoms with Crippen LogP contribution in [0.3, 0.4) is 0 Å². The molecule has 3 rings (SSSR count). The number of aromatic nitrogens is 1. The predicted octanol–water partition coefficient (Wildman–Crippen LogP) is 5.38. The molecule has 0 atom stereocenters. The van der Waals surface area contributed by atoms with Gasteiger partial charge in [-0.05, 0) is 43.7 Å². The molecule has 0 aliphatic heterocycles. The number of hydrogen-bond donors (Lipinski definition) is 2. The predicted molar refractivity (Wildman–Crippen MR) is 99.1 cm³/mol. The van der Waals surface area contributed by atoms with Gasteiger partial charge in [0.15, 0.2) is 0 Å². The van der Waals surface area contributed by atoms with E-state index < -0.39 is 0 Å². The molecule has 0 fully saturated rings. The van der Waals surface area contributed by atoms with Crippen LogP contribution in [-0.2, 0) is 6.54 Å². The fourth-order valence-electron chi connectivity index (χ4n) is 2.62. The van der Waals surface area contributed by atoms with Crippen LogP contribution in [0.15, 0.2) is 53.1 Å². The van der Waals surface area contributed by atoms with E-state index in [4.69, 9.17) is 0 Å². The van der Waals surface area contributed by atoms with Crippen LogP contribution >= 0.6 is 15.9 Å². The first-order chi connectivity index (χ1) is 11.1. The average molecular weight is 372 g/mol. The van der Waals surface area contributed by atoms with Crippen LogP contribution in [0.5, 0.6) is 0 Å². The summed E-state index contributed by atoms with van der Waals surface area (Å²) in [5.41, 5.74) is 3.77. The number of carbonyl (C=O) groups excluding carboxylic acids is 1. The second-order valence-electron chi connectivity index (χ2n) is 5.39. The Bertz CT molecular complexity index is 870. The summed E-state index contributed by atoms with van der Waals surface area (Å²) in [4.78, 5) is 12.3. The molecule has 23 heavy (non-hydrogen) atoms. The van der Waals surface area contributed by atoms with Gasteiger partial charge in [0.05, 0.1) is 11.2 Å². The van der Waals surface area contributed by atoms with Gasteiger partial charge in [0, 0.05) is 28.3 Å². The molecule has 0 aliphatic rings. The molecule has 1 heterocycles. The highest BCUT2D eigenvalue weighted by Crippen LogP contribution is 2.26. The maximum Gasteiger partial charge on any atom is 0.323 e. The van der Waals surface area contributed by atoms with E-state index in [2.05, 4.69) is 44.1 Å². The Hall–Kier alpha value is -2.27. The van der Waals surface area contributed by atoms with Gasteiger partial charge in [0.2, 0.25) is 0 Å². The van der Waals surface area contributed by atoms with E-state index >= 15 is 0 Å². The third-order valence-corrected chi connectivity index (χ3v) is 4.68. The minimum absolute atomic E-state index is 0.245. The van der Waals surface area contributed by atoms with Gasteiger partial charge in [-0.25, -0.2) is 4.79 Å². The first-order valence-corrected chi connectivity index (χ1v) is 8.30. The SMILES string of the molecule is CCn1cc(NC(=O)Nc2ccc(Br)c(C)c2)c2ccccc21. The summed E-state index contributed by atoms with van der Waals surface area (Å²) in [7, 11) is 0. The van der Waals surface area contributed by atoms with Crippen molar-refractivity contribution in [1.29, 1.82) is 0 Å². The molecule has 0 aliphatic carbocycles. The molecule has 2 aromatic carbocycles. The first-order valence-electron chi connectivity index (χ1n) is 7.50. The van der Waals surface area contributed by atoms with E-state index in [9.17, 15) is 4.79 Å². The molecule has 0 unspecified atom stereocenters. The number of nitrogens with zero attached hydrogens (tertiary/aromatic N) is 1. The van der Waals surface area contributed by atoms with E-state index in [0.717, 1.165) is 38.9 Å². The van der Waals surface area contributed by atoms with Gasteiger partial charge in [-0.3, -0.25) is 0 Å². The molecule has 2 amide bonds. The molecule has 0 spiro atoms. The highest BCUT2D eigenvalue weighted by molar-refractivity contribution is 9.10. The van der Waals surface area contributed by atoms with Crippen LogP contribution in [0.25, 0.3) is 10.9 Å². The van der Waals surface area contributed by atoms with Gasteiger partial charge < -0.3 is 15.2 Å². The van der Waals surface area contributed by atoms with Crippen LogP contribution in [0.4, 0.5) is 16.2 Å². The standard InChI is InChI=1S/C18H18BrN3O/c1-3-22-11-16(14-6-4-5-7-17(14)22)21-18(23)20-13-8-9-15(19)12(2)10-13/h4-11H,3H2,1-2H3,(H2,20,21,23). The summed E-state index contributed by atoms with van der Waals surface area (Å²) in [6.45, 7) is 4.93. The molecular weight excluding hydrogens is 354 g/mol. The van der Waals surface area contributed by atoms with Crippen LogP contribution in [0.1, 0.15) is 12.5 Å². The van der Waals surface area contributed by atoms with Crippen LogP contribution in [-0.4, -0.2) is 10.6 Å². The van der Waals surface area contributed by atoms with Crippen molar-refractivity contribution in [2.45, 2.75) is 20.4 Å². The van der Waals surface area contributed by atoms with Crippen molar-refractivity contribution in [1.82, 2.24) is 4.57 Å². The van der Waals surface area contributed by atoms with E-state index in [0.29, 0.717) is 0 Å². The molecule has 118 valence electrons. The Kier molecular flexibility index (Phi) is 4.39. The Balaban J connectivity index is 1.81. The van der Waals surface area contributed by atoms with E-state index in [1.807, 2.05) is 49.5 Å². The fourth-order valence-corrected chi connectivity index (χ4v) is 2.86. The normalized spacial score (nSPS) is 10.7. The van der Waals surface area contributed by atoms with E-state index in [1.54, 1.807) is 0 Å². The number of halogens is 1. The molecular formula is C18H18BrN3O. The lowest BCUT2D eigenvalue weighted by Crippen LogP contribution is -2.19. The van der Waals surface area contributed by atoms with Crippen molar-refractivity contribution in [3.63, 3.8) is 0 Å². The van der Waals surface area contributed by atoms with Gasteiger partial charge in [-0.1, -0.05) is 34.1 Å². The summed E-state index contributed by atoms with van der Waals surface area (Å²) in [5.74, 6) is 0. The molecule has 1 aromatic heterocycles. The van der Waals surface area contributed by atoms with Crippen LogP contribution < -0.4 is 10.6 Å². The maximum absolute atomic E-state index is 12.3. The van der Waals surface area contributed by atoms with Gasteiger partial charge in [-0.15, -0.1) is 0 Å². The average Bonchev–Trinajstić information content (AvgIpc) is 2.89. The van der Waals surface area contributed by atoms with E-state index in [-0.39, 0.29) is 6.03 Å². The molecule has 0 saturated heterocycles. The molecule has 2 N–H and O–H groups in total. The number of anilines is 2. The zero-order valence-corrected chi connectivity index (χ0v) is 14.6. The zero-order valence-electron chi connectivity index (χ0n) is 13.1. The minimum atomic E-state index is -0.245. The highest BCUT2D eigenvalue weighted by atomic mass is 79.9. The van der Waals surface area contributed by atoms with Crippen molar-refractivity contribution in [3.05, 3.63) is 58.7 Å². The number of aryl methyl sites for hydroxylation is 2. The number of para-hydroxylation sites is 1. The Morgan fingerprint density at radius 3 is 2.70 bits per heavy atom. The highest BCUT2D eigenvalue weighted by Gasteiger charge is 2.10. The lowest BCUT2D eigenvalue weighted by Gasteiger charge is -2.08. The summed E-state index contributed by atoms with van der Waals surface area (Å²) in [6.07, 6.45) is 1.97. The molecule has 0 saturated carbocycles. The molecule has 5 heteroatoms. The van der Waals surface area contributed by atoms with Gasteiger partial charge >= 0.3 is 6.03 Å². The third kappa shape index (κ3) is 3.24. The van der Waals surface area contributed by atoms with Crippen molar-refractivity contribution in [2.24, 2.45) is 0 Å². The molecule has 4 nitrogen and oxygen atoms in total. The van der Waals surface area contributed by atoms with Crippen molar-refractivity contribution >= 4 is 44.2 Å². The van der Waals surface area contributed by atoms with Crippen molar-refractivity contribution in [3.8, 4) is 0 Å². The number of amides is 2. The maximum atomic E-state index is 12.3. The topological polar surface area (TPSA) is 46.1 Å². The number of nitrogens with one attached hydrogen (secondary N) is 2. The lowest BCUT2D eigenvalue weighted by atomic mass is 10.2. The fraction of sp³-hybridized carbons (Fsp3) is 0.167. The molecule has 3 aromatic rings. The summed E-state index contributed by atoms with van der Waals surface area (Å²) >= 11 is 3.46. The Labute approximate surface area is 143 Å². The van der Waals surface area contributed by atoms with Crippen LogP contribution in [0, 0.1) is 6.92 Å². The summed E-state index contributed by atoms with van der Waals surface area (Å²) in [6, 6.07) is 13.5. The monoisotopic (exact) mass is 371 g/mol. The first kappa shape index (κ1) is 15.6. The zero-order chi connectivity index (χ0) is 16.4. The third-order valence-electron chi connectivity index (χ3n) is 3.79. The number of urea groups is 1. The summed E-state index contributed by atoms with van der Waals surface area (Å²) in [5, 5.41) is 6.85. The van der Waals surface area contributed by atoms with Crippen molar-refractivity contribution in [2.75, 3.05) is 10.6 Å². The number of benzene rings is 2. The minimum Gasteiger partial charge on any atom is -0.346 e. The Morgan fingerprint density at radius 2 is 1.96 bits per heavy atom. The molecule has 0 radical (unpaired) electrons. The largest absolute Gasteiger partial charge is 0.346 e. The van der Waals surface area contributed by atoms with Gasteiger partial charge in [0.1, 0.15) is 0 Å². The lowest BCUT2D eigenvalue weighted by molar-refractivity contribution is 0.262. The second-order valence-corrected chi connectivity index (χ2v) is 6.24. The number of hydrogen-bond acceptors (Lipinski definition) is 1. The Morgan fingerprint density at radius 1 is 1.17 bits per heavy atom. The van der Waals surface area contributed by atoms with Crippen LogP contribution in [0.2, 0.25) is 0 Å². The number of fused-ring (bicyclic) bond motifs is 1. The quantitative estimate of drug-likeness (QED) is 0.637. The van der Waals surface area contributed by atoms with E-state index in [1.165, 1.54) is 0 Å². The molecule has 0 bridgehead atoms. The summed E-state index contributed by atoms with van der Waals surface area (Å²) < 4.78 is 3.14. The second kappa shape index (κ2) is 6.46. The number of carbonyl (C=O) groups is 1. The number of rotatable bonds is 3.